The number of aryl methyl sites for hydroxylation is 1. The first kappa shape index (κ1) is 30.0. The highest BCUT2D eigenvalue weighted by atomic mass is 35.5. The van der Waals surface area contributed by atoms with Crippen LogP contribution in [-0.2, 0) is 9.53 Å². The number of carbonyl (C=O) groups excluding carboxylic acids is 2. The zero-order valence-electron chi connectivity index (χ0n) is 19.0. The van der Waals surface area contributed by atoms with Gasteiger partial charge in [-0.3, -0.25) is 4.79 Å². The van der Waals surface area contributed by atoms with Gasteiger partial charge in [0.05, 0.1) is 17.2 Å². The van der Waals surface area contributed by atoms with Gasteiger partial charge in [-0.1, -0.05) is 81.9 Å². The van der Waals surface area contributed by atoms with E-state index in [1.807, 2.05) is 71.0 Å². The van der Waals surface area contributed by atoms with Crippen molar-refractivity contribution in [3.63, 3.8) is 0 Å². The van der Waals surface area contributed by atoms with Gasteiger partial charge in [-0.15, -0.1) is 0 Å². The Morgan fingerprint density at radius 1 is 1.07 bits per heavy atom. The lowest BCUT2D eigenvalue weighted by atomic mass is 10.1. The van der Waals surface area contributed by atoms with Crippen molar-refractivity contribution in [3.05, 3.63) is 76.3 Å². The molecule has 0 radical (unpaired) electrons. The molecular weight excluding hydrogens is 418 g/mol. The van der Waals surface area contributed by atoms with Gasteiger partial charge in [-0.05, 0) is 43.7 Å². The molecule has 0 heterocycles. The van der Waals surface area contributed by atoms with Gasteiger partial charge in [-0.2, -0.15) is 0 Å². The number of carbonyl (C=O) groups is 2. The van der Waals surface area contributed by atoms with Crippen LogP contribution in [0.25, 0.3) is 0 Å². The fourth-order valence-corrected chi connectivity index (χ4v) is 2.84. The highest BCUT2D eigenvalue weighted by Gasteiger charge is 2.10. The normalized spacial score (nSPS) is 8.67. The van der Waals surface area contributed by atoms with Crippen LogP contribution < -0.4 is 5.32 Å². The Morgan fingerprint density at radius 3 is 2.07 bits per heavy atom. The molecule has 30 heavy (non-hydrogen) atoms. The monoisotopic (exact) mass is 451 g/mol. The number of nitrogens with one attached hydrogen (secondary N) is 1. The Hall–Kier alpha value is -2.24. The van der Waals surface area contributed by atoms with Crippen LogP contribution in [0.3, 0.4) is 0 Å². The standard InChI is InChI=1S/C14H17NO3S.C6H5Cl.2C2H6/c1-5-18-14(17)12-7-6-9(2)13(8-12)19-11(4)15-10(3)16;7-6-4-2-1-3-5-6;2*1-2/h6-8H,4-5H2,1-3H3,(H,15,16);1-5H;2*1-2H3. The molecule has 4 nitrogen and oxygen atoms in total. The Balaban J connectivity index is 0. The third-order valence-electron chi connectivity index (χ3n) is 2.98. The van der Waals surface area contributed by atoms with Gasteiger partial charge in [0.1, 0.15) is 0 Å². The lowest BCUT2D eigenvalue weighted by Gasteiger charge is -2.10. The number of hydrogen-bond donors (Lipinski definition) is 1. The van der Waals surface area contributed by atoms with Crippen LogP contribution in [-0.4, -0.2) is 18.5 Å². The first-order chi connectivity index (χ1) is 14.3. The highest BCUT2D eigenvalue weighted by molar-refractivity contribution is 8.03. The van der Waals surface area contributed by atoms with E-state index in [9.17, 15) is 9.59 Å². The molecule has 0 bridgehead atoms. The summed E-state index contributed by atoms with van der Waals surface area (Å²) in [7, 11) is 0. The van der Waals surface area contributed by atoms with Crippen LogP contribution in [0.2, 0.25) is 5.02 Å². The van der Waals surface area contributed by atoms with E-state index in [-0.39, 0.29) is 11.9 Å². The maximum Gasteiger partial charge on any atom is 0.338 e. The Kier molecular flexibility index (Phi) is 18.7. The zero-order chi connectivity index (χ0) is 23.5. The van der Waals surface area contributed by atoms with Gasteiger partial charge in [-0.25, -0.2) is 4.79 Å². The second-order valence-corrected chi connectivity index (χ2v) is 6.78. The second kappa shape index (κ2) is 18.8. The van der Waals surface area contributed by atoms with Crippen molar-refractivity contribution < 1.29 is 14.3 Å². The molecule has 1 amide bonds. The average molecular weight is 452 g/mol. The molecule has 2 rings (SSSR count). The van der Waals surface area contributed by atoms with E-state index in [0.29, 0.717) is 17.2 Å². The summed E-state index contributed by atoms with van der Waals surface area (Å²) in [4.78, 5) is 23.4. The minimum atomic E-state index is -0.352. The molecule has 2 aromatic rings. The number of ether oxygens (including phenoxy) is 1. The van der Waals surface area contributed by atoms with E-state index in [4.69, 9.17) is 16.3 Å². The largest absolute Gasteiger partial charge is 0.462 e. The van der Waals surface area contributed by atoms with E-state index in [2.05, 4.69) is 11.9 Å². The zero-order valence-corrected chi connectivity index (χ0v) is 20.6. The first-order valence-corrected chi connectivity index (χ1v) is 11.2. The third-order valence-corrected chi connectivity index (χ3v) is 4.24. The van der Waals surface area contributed by atoms with E-state index >= 15 is 0 Å². The molecule has 2 aromatic carbocycles. The molecular formula is C24H34ClNO3S. The van der Waals surface area contributed by atoms with Crippen molar-refractivity contribution in [2.45, 2.75) is 53.4 Å². The number of rotatable bonds is 5. The molecule has 0 aliphatic carbocycles. The van der Waals surface area contributed by atoms with Gasteiger partial charge in [0.15, 0.2) is 0 Å². The SMILES string of the molecule is C=C(NC(C)=O)Sc1cc(C(=O)OCC)ccc1C.CC.CC.Clc1ccccc1. The summed E-state index contributed by atoms with van der Waals surface area (Å²) >= 11 is 6.85. The van der Waals surface area contributed by atoms with Gasteiger partial charge in [0.25, 0.3) is 0 Å². The van der Waals surface area contributed by atoms with Crippen LogP contribution >= 0.6 is 23.4 Å². The maximum atomic E-state index is 11.6. The van der Waals surface area contributed by atoms with Gasteiger partial charge >= 0.3 is 5.97 Å². The molecule has 0 fully saturated rings. The Bertz CT molecular complexity index is 764. The number of thioether (sulfide) groups is 1. The highest BCUT2D eigenvalue weighted by Crippen LogP contribution is 2.28. The Morgan fingerprint density at radius 2 is 1.63 bits per heavy atom. The van der Waals surface area contributed by atoms with Crippen molar-refractivity contribution in [2.75, 3.05) is 6.61 Å². The number of amides is 1. The average Bonchev–Trinajstić information content (AvgIpc) is 2.73. The summed E-state index contributed by atoms with van der Waals surface area (Å²) in [5.74, 6) is -0.522. The van der Waals surface area contributed by atoms with Gasteiger partial charge < -0.3 is 10.1 Å². The van der Waals surface area contributed by atoms with E-state index < -0.39 is 0 Å². The van der Waals surface area contributed by atoms with E-state index in [1.165, 1.54) is 18.7 Å². The fraction of sp³-hybridized carbons (Fsp3) is 0.333. The lowest BCUT2D eigenvalue weighted by molar-refractivity contribution is -0.118. The minimum Gasteiger partial charge on any atom is -0.462 e. The summed E-state index contributed by atoms with van der Waals surface area (Å²) in [6.45, 7) is 17.2. The number of benzene rings is 2. The van der Waals surface area contributed by atoms with Crippen LogP contribution in [0.15, 0.2) is 65.0 Å². The summed E-state index contributed by atoms with van der Waals surface area (Å²) in [6.07, 6.45) is 0. The fourth-order valence-electron chi connectivity index (χ4n) is 1.82. The summed E-state index contributed by atoms with van der Waals surface area (Å²) in [5, 5.41) is 3.92. The number of esters is 1. The van der Waals surface area contributed by atoms with Crippen molar-refractivity contribution in [1.29, 1.82) is 0 Å². The molecule has 166 valence electrons. The number of halogens is 1. The predicted octanol–water partition coefficient (Wildman–Crippen LogP) is 7.26. The molecule has 1 N–H and O–H groups in total. The predicted molar refractivity (Wildman–Crippen MR) is 130 cm³/mol. The second-order valence-electron chi connectivity index (χ2n) is 5.20. The molecule has 0 atom stereocenters. The van der Waals surface area contributed by atoms with E-state index in [1.54, 1.807) is 19.1 Å². The first-order valence-electron chi connectivity index (χ1n) is 9.96. The van der Waals surface area contributed by atoms with Crippen molar-refractivity contribution in [1.82, 2.24) is 5.32 Å². The quantitative estimate of drug-likeness (QED) is 0.383. The van der Waals surface area contributed by atoms with Gasteiger partial charge in [0, 0.05) is 16.8 Å². The van der Waals surface area contributed by atoms with Gasteiger partial charge in [0.2, 0.25) is 5.91 Å². The molecule has 0 unspecified atom stereocenters. The minimum absolute atomic E-state index is 0.170. The Labute approximate surface area is 191 Å². The molecule has 0 saturated carbocycles. The van der Waals surface area contributed by atoms with Crippen LogP contribution in [0.5, 0.6) is 0 Å². The summed E-state index contributed by atoms with van der Waals surface area (Å²) < 4.78 is 4.95. The van der Waals surface area contributed by atoms with Crippen molar-refractivity contribution in [3.8, 4) is 0 Å². The molecule has 0 saturated heterocycles. The molecule has 0 aliphatic rings. The van der Waals surface area contributed by atoms with Crippen molar-refractivity contribution in [2.24, 2.45) is 0 Å². The smallest absolute Gasteiger partial charge is 0.338 e. The molecule has 6 heteroatoms. The maximum absolute atomic E-state index is 11.6. The molecule has 0 aliphatic heterocycles. The van der Waals surface area contributed by atoms with Crippen LogP contribution in [0, 0.1) is 6.92 Å². The topological polar surface area (TPSA) is 55.4 Å². The van der Waals surface area contributed by atoms with Crippen LogP contribution in [0.4, 0.5) is 0 Å². The third kappa shape index (κ3) is 13.9. The lowest BCUT2D eigenvalue weighted by Crippen LogP contribution is -2.16. The summed E-state index contributed by atoms with van der Waals surface area (Å²) in [5.41, 5.74) is 1.50. The van der Waals surface area contributed by atoms with Crippen molar-refractivity contribution >= 4 is 35.2 Å². The number of hydrogen-bond acceptors (Lipinski definition) is 4. The van der Waals surface area contributed by atoms with Crippen LogP contribution in [0.1, 0.15) is 57.5 Å². The summed E-state index contributed by atoms with van der Waals surface area (Å²) in [6, 6.07) is 14.7. The molecule has 0 aromatic heterocycles. The molecule has 0 spiro atoms. The van der Waals surface area contributed by atoms with E-state index in [0.717, 1.165) is 15.5 Å².